The van der Waals surface area contributed by atoms with Gasteiger partial charge in [0.05, 0.1) is 10.4 Å². The van der Waals surface area contributed by atoms with E-state index in [1.807, 2.05) is 19.4 Å². The third-order valence-corrected chi connectivity index (χ3v) is 4.00. The number of nitrogen functional groups attached to an aromatic ring is 1. The van der Waals surface area contributed by atoms with Crippen molar-refractivity contribution in [1.82, 2.24) is 9.97 Å². The van der Waals surface area contributed by atoms with Gasteiger partial charge in [-0.25, -0.2) is 9.97 Å². The summed E-state index contributed by atoms with van der Waals surface area (Å²) in [7, 11) is 0. The number of thiazole rings is 1. The molecule has 2 heterocycles. The summed E-state index contributed by atoms with van der Waals surface area (Å²) in [5.41, 5.74) is 10.0. The van der Waals surface area contributed by atoms with Gasteiger partial charge in [0.15, 0.2) is 12.2 Å². The van der Waals surface area contributed by atoms with Crippen molar-refractivity contribution in [2.45, 2.75) is 26.8 Å². The maximum atomic E-state index is 8.98. The zero-order valence-corrected chi connectivity index (χ0v) is 12.8. The Kier molecular flexibility index (Phi) is 5.87. The van der Waals surface area contributed by atoms with Crippen molar-refractivity contribution in [2.24, 2.45) is 0 Å². The number of rotatable bonds is 4. The number of anilines is 1. The van der Waals surface area contributed by atoms with Gasteiger partial charge in [0, 0.05) is 43.2 Å². The zero-order chi connectivity index (χ0) is 13.1. The molecule has 0 bridgehead atoms. The molecule has 2 aromatic rings. The quantitative estimate of drug-likeness (QED) is 0.639. The molecule has 0 aliphatic carbocycles. The normalized spacial score (nSPS) is 10.3. The van der Waals surface area contributed by atoms with Crippen molar-refractivity contribution in [3.63, 3.8) is 0 Å². The number of nitrogens with two attached hydrogens (primary N) is 1. The van der Waals surface area contributed by atoms with Gasteiger partial charge in [-0.15, -0.1) is 0 Å². The Labute approximate surface area is 127 Å². The molecule has 0 aliphatic heterocycles. The summed E-state index contributed by atoms with van der Waals surface area (Å²) >= 11 is 1.65. The molecule has 0 saturated heterocycles. The number of aliphatic hydroxyl groups is 1. The molecule has 0 unspecified atom stereocenters. The minimum absolute atomic E-state index is 0. The van der Waals surface area contributed by atoms with E-state index in [2.05, 4.69) is 14.5 Å². The Bertz CT molecular complexity index is 559. The van der Waals surface area contributed by atoms with Crippen molar-refractivity contribution >= 4 is 17.2 Å². The Hall–Kier alpha value is -1.01. The molecule has 0 fully saturated rings. The molecular weight excluding hydrogens is 304 g/mol. The van der Waals surface area contributed by atoms with Gasteiger partial charge in [0.2, 0.25) is 5.51 Å². The van der Waals surface area contributed by atoms with E-state index in [-0.39, 0.29) is 23.7 Å². The van der Waals surface area contributed by atoms with Crippen molar-refractivity contribution in [3.8, 4) is 0 Å². The summed E-state index contributed by atoms with van der Waals surface area (Å²) in [6.07, 6.45) is 2.47. The number of hydrogen-bond acceptors (Lipinski definition) is 5. The molecule has 7 heteroatoms. The third-order valence-electron chi connectivity index (χ3n) is 2.85. The van der Waals surface area contributed by atoms with Gasteiger partial charge in [-0.1, -0.05) is 11.3 Å². The number of aryl methyl sites for hydroxylation is 1. The van der Waals surface area contributed by atoms with Gasteiger partial charge in [-0.05, 0) is 6.92 Å². The second kappa shape index (κ2) is 6.96. The third kappa shape index (κ3) is 3.73. The maximum Gasteiger partial charge on any atom is 0.225 e. The second-order valence-corrected chi connectivity index (χ2v) is 5.10. The van der Waals surface area contributed by atoms with E-state index in [1.54, 1.807) is 17.5 Å². The molecule has 104 valence electrons. The number of nitrogens with zero attached hydrogens (tertiary/aromatic N) is 3. The Morgan fingerprint density at radius 3 is 2.79 bits per heavy atom. The van der Waals surface area contributed by atoms with E-state index in [1.165, 1.54) is 4.88 Å². The molecule has 19 heavy (non-hydrogen) atoms. The van der Waals surface area contributed by atoms with E-state index in [0.29, 0.717) is 24.6 Å². The SMILES string of the molecule is Cc1ncc(C[n+]2csc(CCO)c2C)c(N)n1.[Fe]. The molecular formula is C12H17FeN4OS+. The minimum atomic E-state index is 0. The molecule has 0 atom stereocenters. The van der Waals surface area contributed by atoms with Crippen LogP contribution in [0, 0.1) is 13.8 Å². The summed E-state index contributed by atoms with van der Waals surface area (Å²) in [4.78, 5) is 9.53. The van der Waals surface area contributed by atoms with Crippen molar-refractivity contribution < 1.29 is 26.7 Å². The maximum absolute atomic E-state index is 8.98. The summed E-state index contributed by atoms with van der Waals surface area (Å²) in [5, 5.41) is 8.98. The van der Waals surface area contributed by atoms with Gasteiger partial charge < -0.3 is 10.8 Å². The summed E-state index contributed by atoms with van der Waals surface area (Å²) in [5.74, 6) is 1.22. The average molecular weight is 321 g/mol. The van der Waals surface area contributed by atoms with Crippen LogP contribution in [0.25, 0.3) is 0 Å². The molecule has 0 aliphatic rings. The van der Waals surface area contributed by atoms with Crippen molar-refractivity contribution in [2.75, 3.05) is 12.3 Å². The van der Waals surface area contributed by atoms with Gasteiger partial charge >= 0.3 is 0 Å². The molecule has 0 aromatic carbocycles. The van der Waals surface area contributed by atoms with Crippen LogP contribution in [0.2, 0.25) is 0 Å². The molecule has 2 rings (SSSR count). The molecule has 0 amide bonds. The number of aliphatic hydroxyl groups excluding tert-OH is 1. The molecule has 0 saturated carbocycles. The van der Waals surface area contributed by atoms with E-state index in [0.717, 1.165) is 11.3 Å². The summed E-state index contributed by atoms with van der Waals surface area (Å²) in [6.45, 7) is 4.71. The Morgan fingerprint density at radius 1 is 1.42 bits per heavy atom. The van der Waals surface area contributed by atoms with Crippen LogP contribution in [-0.2, 0) is 30.0 Å². The molecule has 0 radical (unpaired) electrons. The molecule has 0 spiro atoms. The van der Waals surface area contributed by atoms with E-state index in [4.69, 9.17) is 10.8 Å². The van der Waals surface area contributed by atoms with Crippen LogP contribution >= 0.6 is 11.3 Å². The fourth-order valence-electron chi connectivity index (χ4n) is 1.77. The summed E-state index contributed by atoms with van der Waals surface area (Å²) < 4.78 is 2.11. The monoisotopic (exact) mass is 321 g/mol. The van der Waals surface area contributed by atoms with Crippen LogP contribution in [0.15, 0.2) is 11.7 Å². The number of hydrogen-bond donors (Lipinski definition) is 2. The van der Waals surface area contributed by atoms with Crippen LogP contribution in [0.4, 0.5) is 5.82 Å². The summed E-state index contributed by atoms with van der Waals surface area (Å²) in [6, 6.07) is 0. The molecule has 2 aromatic heterocycles. The van der Waals surface area contributed by atoms with E-state index < -0.39 is 0 Å². The first-order valence-electron chi connectivity index (χ1n) is 5.77. The van der Waals surface area contributed by atoms with Gasteiger partial charge in [0.25, 0.3) is 0 Å². The van der Waals surface area contributed by atoms with Crippen LogP contribution in [0.3, 0.4) is 0 Å². The first-order chi connectivity index (χ1) is 8.61. The standard InChI is InChI=1S/C12H17N4OS.Fe/c1-8-11(3-4-17)18-7-16(8)6-10-5-14-9(2)15-12(10)13;/h5,7,17H,3-4,6H2,1-2H3,(H2,13,14,15);/q+1;. The number of aromatic nitrogens is 3. The largest absolute Gasteiger partial charge is 0.396 e. The smallest absolute Gasteiger partial charge is 0.225 e. The van der Waals surface area contributed by atoms with Crippen molar-refractivity contribution in [3.05, 3.63) is 33.7 Å². The predicted octanol–water partition coefficient (Wildman–Crippen LogP) is 0.605. The minimum Gasteiger partial charge on any atom is -0.396 e. The topological polar surface area (TPSA) is 75.9 Å². The fourth-order valence-corrected chi connectivity index (χ4v) is 2.75. The first kappa shape index (κ1) is 16.0. The van der Waals surface area contributed by atoms with E-state index >= 15 is 0 Å². The van der Waals surface area contributed by atoms with Gasteiger partial charge in [-0.3, -0.25) is 0 Å². The average Bonchev–Trinajstić information content (AvgIpc) is 2.66. The second-order valence-electron chi connectivity index (χ2n) is 4.16. The zero-order valence-electron chi connectivity index (χ0n) is 10.9. The van der Waals surface area contributed by atoms with Crippen LogP contribution < -0.4 is 10.3 Å². The Morgan fingerprint density at radius 2 is 2.16 bits per heavy atom. The predicted molar refractivity (Wildman–Crippen MR) is 70.3 cm³/mol. The Balaban J connectivity index is 0.00000180. The van der Waals surface area contributed by atoms with Gasteiger partial charge in [0.1, 0.15) is 11.6 Å². The van der Waals surface area contributed by atoms with Crippen LogP contribution in [-0.4, -0.2) is 21.7 Å². The fraction of sp³-hybridized carbons (Fsp3) is 0.417. The first-order valence-corrected chi connectivity index (χ1v) is 6.65. The molecule has 5 nitrogen and oxygen atoms in total. The van der Waals surface area contributed by atoms with Gasteiger partial charge in [-0.2, -0.15) is 4.57 Å². The van der Waals surface area contributed by atoms with E-state index in [9.17, 15) is 0 Å². The van der Waals surface area contributed by atoms with Crippen LogP contribution in [0.1, 0.15) is 22.0 Å². The van der Waals surface area contributed by atoms with Crippen molar-refractivity contribution in [1.29, 1.82) is 0 Å². The van der Waals surface area contributed by atoms with Crippen LogP contribution in [0.5, 0.6) is 0 Å². The molecule has 3 N–H and O–H groups in total.